The van der Waals surface area contributed by atoms with Crippen LogP contribution in [0.4, 0.5) is 0 Å². The monoisotopic (exact) mass is 405 g/mol. The second-order valence-electron chi connectivity index (χ2n) is 5.09. The molecule has 0 aliphatic carbocycles. The fourth-order valence-electron chi connectivity index (χ4n) is 2.11. The predicted octanol–water partition coefficient (Wildman–Crippen LogP) is 1.40. The van der Waals surface area contributed by atoms with Gasteiger partial charge in [-0.15, -0.1) is 0 Å². The zero-order chi connectivity index (χ0) is 17.4. The zero-order valence-corrected chi connectivity index (χ0v) is 16.9. The van der Waals surface area contributed by atoms with E-state index in [2.05, 4.69) is 11.4 Å². The van der Waals surface area contributed by atoms with E-state index in [0.29, 0.717) is 6.29 Å². The summed E-state index contributed by atoms with van der Waals surface area (Å²) in [6, 6.07) is 6.45. The van der Waals surface area contributed by atoms with Gasteiger partial charge in [0.2, 0.25) is 11.8 Å². The van der Waals surface area contributed by atoms with Gasteiger partial charge in [-0.3, -0.25) is 19.7 Å². The Morgan fingerprint density at radius 2 is 2.04 bits per heavy atom. The number of amides is 3. The molecule has 0 saturated carbocycles. The Labute approximate surface area is 167 Å². The number of nitrogens with zero attached hydrogens (tertiary/aromatic N) is 1. The van der Waals surface area contributed by atoms with Gasteiger partial charge in [0.05, 0.1) is 0 Å². The van der Waals surface area contributed by atoms with Gasteiger partial charge >= 0.3 is 0 Å². The molecule has 0 bridgehead atoms. The van der Waals surface area contributed by atoms with Crippen molar-refractivity contribution in [2.45, 2.75) is 32.7 Å². The molecule has 0 spiro atoms. The van der Waals surface area contributed by atoms with Gasteiger partial charge in [0.1, 0.15) is 12.3 Å². The van der Waals surface area contributed by atoms with E-state index in [0.717, 1.165) is 0 Å². The molecule has 1 atom stereocenters. The van der Waals surface area contributed by atoms with E-state index in [1.165, 1.54) is 30.1 Å². The van der Waals surface area contributed by atoms with Crippen LogP contribution < -0.4 is 5.32 Å². The third-order valence-corrected chi connectivity index (χ3v) is 3.25. The fraction of sp³-hybridized carbons (Fsp3) is 0.353. The Balaban J connectivity index is 0.00000123. The SMILES string of the molecule is CN(C(=O)c1c[c-]ccc1C=O)C1CCC(=O)NC1=O.C[CH-]C.[Y]. The van der Waals surface area contributed by atoms with Crippen LogP contribution >= 0.6 is 0 Å². The summed E-state index contributed by atoms with van der Waals surface area (Å²) in [4.78, 5) is 47.3. The number of carbonyl (C=O) groups excluding carboxylic acids is 4. The van der Waals surface area contributed by atoms with Crippen molar-refractivity contribution in [3.63, 3.8) is 0 Å². The smallest absolute Gasteiger partial charge is 0.249 e. The van der Waals surface area contributed by atoms with Crippen LogP contribution in [0, 0.1) is 12.5 Å². The Hall–Kier alpha value is -1.40. The number of carbonyl (C=O) groups is 4. The van der Waals surface area contributed by atoms with E-state index >= 15 is 0 Å². The molecule has 1 radical (unpaired) electrons. The number of hydrogen-bond donors (Lipinski definition) is 1. The van der Waals surface area contributed by atoms with E-state index in [-0.39, 0.29) is 62.6 Å². The molecular weight excluding hydrogens is 385 g/mol. The molecule has 1 aromatic carbocycles. The van der Waals surface area contributed by atoms with Gasteiger partial charge in [0.25, 0.3) is 0 Å². The first-order valence-corrected chi connectivity index (χ1v) is 7.26. The van der Waals surface area contributed by atoms with Crippen LogP contribution in [0.25, 0.3) is 0 Å². The van der Waals surface area contributed by atoms with E-state index in [1.54, 1.807) is 0 Å². The molecule has 1 N–H and O–H groups in total. The fourth-order valence-corrected chi connectivity index (χ4v) is 2.11. The number of hydrogen-bond acceptors (Lipinski definition) is 4. The normalized spacial score (nSPS) is 16.0. The summed E-state index contributed by atoms with van der Waals surface area (Å²) in [6.07, 6.45) is 3.05. The summed E-state index contributed by atoms with van der Waals surface area (Å²) in [7, 11) is 1.48. The van der Waals surface area contributed by atoms with Gasteiger partial charge in [0, 0.05) is 46.2 Å². The molecule has 0 aromatic heterocycles. The molecule has 1 aliphatic heterocycles. The largest absolute Gasteiger partial charge is 0.340 e. The minimum absolute atomic E-state index is 0. The van der Waals surface area contributed by atoms with Crippen molar-refractivity contribution >= 4 is 24.0 Å². The summed E-state index contributed by atoms with van der Waals surface area (Å²) in [5.41, 5.74) is 0.433. The average molecular weight is 405 g/mol. The van der Waals surface area contributed by atoms with Crippen LogP contribution in [0.2, 0.25) is 0 Å². The zero-order valence-electron chi connectivity index (χ0n) is 14.0. The molecule has 1 aliphatic rings. The molecule has 1 saturated heterocycles. The number of rotatable bonds is 3. The summed E-state index contributed by atoms with van der Waals surface area (Å²) in [6.45, 7) is 4.00. The van der Waals surface area contributed by atoms with Crippen LogP contribution in [0.15, 0.2) is 18.2 Å². The summed E-state index contributed by atoms with van der Waals surface area (Å²) >= 11 is 0. The second-order valence-corrected chi connectivity index (χ2v) is 5.09. The maximum absolute atomic E-state index is 12.3. The van der Waals surface area contributed by atoms with Gasteiger partial charge in [-0.25, -0.2) is 0 Å². The van der Waals surface area contributed by atoms with Crippen molar-refractivity contribution in [2.75, 3.05) is 7.05 Å². The minimum atomic E-state index is -0.708. The first-order chi connectivity index (χ1) is 11.0. The number of likely N-dealkylation sites (N-methyl/N-ethyl adjacent to an activating group) is 1. The van der Waals surface area contributed by atoms with Crippen molar-refractivity contribution < 1.29 is 51.9 Å². The maximum Gasteiger partial charge on any atom is 0.249 e. The van der Waals surface area contributed by atoms with Crippen LogP contribution in [0.1, 0.15) is 47.4 Å². The first kappa shape index (κ1) is 22.6. The molecule has 6 nitrogen and oxygen atoms in total. The molecule has 7 heteroatoms. The van der Waals surface area contributed by atoms with E-state index in [9.17, 15) is 19.2 Å². The quantitative estimate of drug-likeness (QED) is 0.468. The van der Waals surface area contributed by atoms with Crippen molar-refractivity contribution in [2.24, 2.45) is 0 Å². The molecule has 1 heterocycles. The van der Waals surface area contributed by atoms with Gasteiger partial charge in [-0.1, -0.05) is 11.1 Å². The summed E-state index contributed by atoms with van der Waals surface area (Å²) < 4.78 is 0. The van der Waals surface area contributed by atoms with Gasteiger partial charge in [-0.05, 0) is 6.42 Å². The third-order valence-electron chi connectivity index (χ3n) is 3.25. The first-order valence-electron chi connectivity index (χ1n) is 7.26. The van der Waals surface area contributed by atoms with Crippen LogP contribution in [0.5, 0.6) is 0 Å². The number of imide groups is 1. The molecule has 3 amide bonds. The van der Waals surface area contributed by atoms with E-state index in [4.69, 9.17) is 0 Å². The summed E-state index contributed by atoms with van der Waals surface area (Å²) in [5, 5.41) is 2.20. The van der Waals surface area contributed by atoms with Crippen molar-refractivity contribution in [3.05, 3.63) is 41.8 Å². The van der Waals surface area contributed by atoms with Crippen LogP contribution in [0.3, 0.4) is 0 Å². The second kappa shape index (κ2) is 11.2. The van der Waals surface area contributed by atoms with Gasteiger partial charge in [0.15, 0.2) is 5.91 Å². The van der Waals surface area contributed by atoms with Gasteiger partial charge in [-0.2, -0.15) is 38.1 Å². The number of aldehydes is 1. The minimum Gasteiger partial charge on any atom is -0.340 e. The summed E-state index contributed by atoms with van der Waals surface area (Å²) in [5.74, 6) is -1.28. The molecule has 1 fully saturated rings. The number of benzene rings is 1. The molecule has 1 aromatic rings. The van der Waals surface area contributed by atoms with E-state index in [1.807, 2.05) is 20.3 Å². The number of piperidine rings is 1. The molecule has 127 valence electrons. The average Bonchev–Trinajstić information content (AvgIpc) is 2.54. The number of nitrogens with one attached hydrogen (secondary N) is 1. The Kier molecular flexibility index (Phi) is 10.6. The Morgan fingerprint density at radius 3 is 2.58 bits per heavy atom. The molecule has 24 heavy (non-hydrogen) atoms. The van der Waals surface area contributed by atoms with Crippen molar-refractivity contribution in [1.82, 2.24) is 10.2 Å². The Bertz CT molecular complexity index is 604. The topological polar surface area (TPSA) is 83.6 Å². The van der Waals surface area contributed by atoms with Gasteiger partial charge < -0.3 is 16.1 Å². The Morgan fingerprint density at radius 1 is 1.42 bits per heavy atom. The third kappa shape index (κ3) is 5.91. The molecular formula is C17H20N2O4Y-2. The molecule has 1 unspecified atom stereocenters. The van der Waals surface area contributed by atoms with Crippen LogP contribution in [-0.2, 0) is 42.3 Å². The van der Waals surface area contributed by atoms with Crippen molar-refractivity contribution in [3.8, 4) is 0 Å². The predicted molar refractivity (Wildman–Crippen MR) is 84.6 cm³/mol. The van der Waals surface area contributed by atoms with Crippen molar-refractivity contribution in [1.29, 1.82) is 0 Å². The molecule has 2 rings (SSSR count). The van der Waals surface area contributed by atoms with Crippen LogP contribution in [-0.4, -0.2) is 42.0 Å². The van der Waals surface area contributed by atoms with E-state index < -0.39 is 17.9 Å². The maximum atomic E-state index is 12.3. The standard InChI is InChI=1S/C14H13N2O4.C3H7.Y/c1-16(11-6-7-12(18)15-13(11)19)14(20)10-5-3-2-4-9(10)8-17;1-3-2;/h2,4-5,8,11H,6-7H2,1H3,(H,15,18,19);3H,1-2H3;/q2*-1;.